The number of hydrogen-bond donors (Lipinski definition) is 0. The van der Waals surface area contributed by atoms with Crippen LogP contribution in [0.3, 0.4) is 0 Å². The number of aromatic nitrogens is 2. The molecule has 0 aliphatic carbocycles. The maximum Gasteiger partial charge on any atom is 0.0971 e. The molecule has 1 heterocycles. The summed E-state index contributed by atoms with van der Waals surface area (Å²) < 4.78 is 0. The highest BCUT2D eigenvalue weighted by Crippen LogP contribution is 2.38. The number of nitrogens with zero attached hydrogens (tertiary/aromatic N) is 2. The van der Waals surface area contributed by atoms with Crippen molar-refractivity contribution in [3.05, 3.63) is 85.2 Å². The highest BCUT2D eigenvalue weighted by atomic mass is 14.8. The fourth-order valence-corrected chi connectivity index (χ4v) is 4.13. The Bertz CT molecular complexity index is 1450. The molecular weight excluding hydrogens is 316 g/mol. The van der Waals surface area contributed by atoms with Gasteiger partial charge in [-0.2, -0.15) is 0 Å². The van der Waals surface area contributed by atoms with E-state index in [4.69, 9.17) is 0 Å². The maximum absolute atomic E-state index is 4.68. The molecule has 6 aromatic rings. The summed E-state index contributed by atoms with van der Waals surface area (Å²) in [6.07, 6.45) is 3.56. The Hall–Kier alpha value is -3.52. The lowest BCUT2D eigenvalue weighted by atomic mass is 9.93. The topological polar surface area (TPSA) is 25.8 Å². The Kier molecular flexibility index (Phi) is 2.64. The molecule has 0 aliphatic rings. The van der Waals surface area contributed by atoms with Crippen molar-refractivity contribution in [3.63, 3.8) is 0 Å². The van der Waals surface area contributed by atoms with E-state index in [-0.39, 0.29) is 0 Å². The third-order valence-corrected chi connectivity index (χ3v) is 5.29. The monoisotopic (exact) mass is 330 g/mol. The van der Waals surface area contributed by atoms with Gasteiger partial charge in [-0.1, -0.05) is 60.7 Å². The molecule has 0 spiro atoms. The number of rotatable bonds is 0. The van der Waals surface area contributed by atoms with E-state index in [0.29, 0.717) is 0 Å². The Morgan fingerprint density at radius 2 is 1.08 bits per heavy atom. The van der Waals surface area contributed by atoms with Gasteiger partial charge in [0.1, 0.15) is 0 Å². The standard InChI is InChI=1S/C24H14N2/c1-2-7-17-14-21-20(13-16(17)6-1)22-18-8-4-3-5-15(18)9-10-19(22)23-24(21)26-12-11-25-23/h1-14H. The van der Waals surface area contributed by atoms with E-state index in [2.05, 4.69) is 82.8 Å². The van der Waals surface area contributed by atoms with Crippen molar-refractivity contribution in [2.24, 2.45) is 0 Å². The molecule has 2 heteroatoms. The average Bonchev–Trinajstić information content (AvgIpc) is 2.72. The van der Waals surface area contributed by atoms with E-state index in [9.17, 15) is 0 Å². The molecule has 0 bridgehead atoms. The van der Waals surface area contributed by atoms with Crippen LogP contribution in [0.4, 0.5) is 0 Å². The number of hydrogen-bond acceptors (Lipinski definition) is 2. The second kappa shape index (κ2) is 4.99. The third-order valence-electron chi connectivity index (χ3n) is 5.29. The molecule has 1 aromatic heterocycles. The molecule has 0 fully saturated rings. The van der Waals surface area contributed by atoms with Gasteiger partial charge in [0, 0.05) is 23.2 Å². The zero-order valence-electron chi connectivity index (χ0n) is 14.0. The summed E-state index contributed by atoms with van der Waals surface area (Å²) in [4.78, 5) is 9.37. The van der Waals surface area contributed by atoms with Gasteiger partial charge in [-0.25, -0.2) is 0 Å². The molecule has 0 atom stereocenters. The molecule has 26 heavy (non-hydrogen) atoms. The number of fused-ring (bicyclic) bond motifs is 9. The molecule has 0 aliphatic heterocycles. The van der Waals surface area contributed by atoms with Crippen LogP contribution in [0.5, 0.6) is 0 Å². The Labute approximate surface area is 149 Å². The van der Waals surface area contributed by atoms with Crippen molar-refractivity contribution in [2.75, 3.05) is 0 Å². The highest BCUT2D eigenvalue weighted by Gasteiger charge is 2.13. The Balaban J connectivity index is 2.03. The Morgan fingerprint density at radius 3 is 1.85 bits per heavy atom. The van der Waals surface area contributed by atoms with Crippen LogP contribution >= 0.6 is 0 Å². The molecule has 2 nitrogen and oxygen atoms in total. The van der Waals surface area contributed by atoms with Gasteiger partial charge in [0.2, 0.25) is 0 Å². The minimum Gasteiger partial charge on any atom is -0.252 e. The summed E-state index contributed by atoms with van der Waals surface area (Å²) in [5.41, 5.74) is 1.94. The van der Waals surface area contributed by atoms with E-state index in [1.54, 1.807) is 12.4 Å². The molecule has 0 amide bonds. The molecule has 120 valence electrons. The molecule has 0 N–H and O–H groups in total. The molecule has 0 unspecified atom stereocenters. The Morgan fingerprint density at radius 1 is 0.462 bits per heavy atom. The van der Waals surface area contributed by atoms with E-state index in [1.165, 1.54) is 32.3 Å². The summed E-state index contributed by atoms with van der Waals surface area (Å²) in [5, 5.41) is 9.81. The minimum atomic E-state index is 0.969. The highest BCUT2D eigenvalue weighted by molar-refractivity contribution is 6.31. The van der Waals surface area contributed by atoms with Crippen LogP contribution in [0.15, 0.2) is 85.2 Å². The summed E-state index contributed by atoms with van der Waals surface area (Å²) in [7, 11) is 0. The van der Waals surface area contributed by atoms with Crippen LogP contribution < -0.4 is 0 Å². The first-order chi connectivity index (χ1) is 12.9. The van der Waals surface area contributed by atoms with E-state index >= 15 is 0 Å². The largest absolute Gasteiger partial charge is 0.252 e. The minimum absolute atomic E-state index is 0.969. The van der Waals surface area contributed by atoms with Crippen LogP contribution in [0.1, 0.15) is 0 Å². The molecule has 5 aromatic carbocycles. The van der Waals surface area contributed by atoms with Gasteiger partial charge in [-0.05, 0) is 44.5 Å². The van der Waals surface area contributed by atoms with Crippen LogP contribution in [0.2, 0.25) is 0 Å². The smallest absolute Gasteiger partial charge is 0.0971 e. The van der Waals surface area contributed by atoms with Gasteiger partial charge in [0.15, 0.2) is 0 Å². The average molecular weight is 330 g/mol. The second-order valence-electron chi connectivity index (χ2n) is 6.71. The van der Waals surface area contributed by atoms with Crippen LogP contribution in [0, 0.1) is 0 Å². The lowest BCUT2D eigenvalue weighted by Crippen LogP contribution is -1.90. The van der Waals surface area contributed by atoms with Crippen LogP contribution in [-0.2, 0) is 0 Å². The van der Waals surface area contributed by atoms with Crippen LogP contribution in [0.25, 0.3) is 54.1 Å². The third kappa shape index (κ3) is 1.76. The SMILES string of the molecule is c1ccc2cc3c(cc2c1)c1nccnc1c1ccc2ccccc2c31. The zero-order chi connectivity index (χ0) is 17.1. The van der Waals surface area contributed by atoms with Gasteiger partial charge in [0.25, 0.3) is 0 Å². The van der Waals surface area contributed by atoms with Crippen molar-refractivity contribution < 1.29 is 0 Å². The van der Waals surface area contributed by atoms with Gasteiger partial charge in [-0.15, -0.1) is 0 Å². The molecule has 0 radical (unpaired) electrons. The zero-order valence-corrected chi connectivity index (χ0v) is 14.0. The summed E-state index contributed by atoms with van der Waals surface area (Å²) in [6.45, 7) is 0. The van der Waals surface area contributed by atoms with Crippen molar-refractivity contribution in [2.45, 2.75) is 0 Å². The molecular formula is C24H14N2. The van der Waals surface area contributed by atoms with Crippen molar-refractivity contribution >= 4 is 54.1 Å². The van der Waals surface area contributed by atoms with E-state index in [1.807, 2.05) is 0 Å². The fraction of sp³-hybridized carbons (Fsp3) is 0. The van der Waals surface area contributed by atoms with Gasteiger partial charge in [-0.3, -0.25) is 9.97 Å². The fourth-order valence-electron chi connectivity index (χ4n) is 4.13. The molecule has 0 saturated carbocycles. The lowest BCUT2D eigenvalue weighted by molar-refractivity contribution is 1.31. The summed E-state index contributed by atoms with van der Waals surface area (Å²) in [6, 6.07) is 26.0. The first-order valence-corrected chi connectivity index (χ1v) is 8.77. The first kappa shape index (κ1) is 13.7. The number of benzene rings is 5. The van der Waals surface area contributed by atoms with Gasteiger partial charge < -0.3 is 0 Å². The van der Waals surface area contributed by atoms with E-state index in [0.717, 1.165) is 21.8 Å². The van der Waals surface area contributed by atoms with Gasteiger partial charge in [0.05, 0.1) is 11.0 Å². The quantitative estimate of drug-likeness (QED) is 0.243. The first-order valence-electron chi connectivity index (χ1n) is 8.77. The molecule has 6 rings (SSSR count). The van der Waals surface area contributed by atoms with Crippen molar-refractivity contribution in [3.8, 4) is 0 Å². The summed E-state index contributed by atoms with van der Waals surface area (Å²) in [5.74, 6) is 0. The normalized spacial score (nSPS) is 11.8. The lowest BCUT2D eigenvalue weighted by Gasteiger charge is -2.12. The van der Waals surface area contributed by atoms with E-state index < -0.39 is 0 Å². The predicted molar refractivity (Wildman–Crippen MR) is 110 cm³/mol. The maximum atomic E-state index is 4.68. The predicted octanol–water partition coefficient (Wildman–Crippen LogP) is 6.24. The van der Waals surface area contributed by atoms with Crippen molar-refractivity contribution in [1.82, 2.24) is 9.97 Å². The molecule has 0 saturated heterocycles. The van der Waals surface area contributed by atoms with Crippen LogP contribution in [-0.4, -0.2) is 9.97 Å². The van der Waals surface area contributed by atoms with Gasteiger partial charge >= 0.3 is 0 Å². The second-order valence-corrected chi connectivity index (χ2v) is 6.71. The summed E-state index contributed by atoms with van der Waals surface area (Å²) >= 11 is 0. The van der Waals surface area contributed by atoms with Crippen molar-refractivity contribution in [1.29, 1.82) is 0 Å².